The van der Waals surface area contributed by atoms with Crippen LogP contribution in [0.3, 0.4) is 0 Å². The van der Waals surface area contributed by atoms with Crippen molar-refractivity contribution in [3.8, 4) is 0 Å². The summed E-state index contributed by atoms with van der Waals surface area (Å²) >= 11 is 5.85. The standard InChI is InChI=1S/C16H9ClF2O2/c17-10-4-5-15-9(6-10)7-16(21-15)14(20)8-11-12(18)2-1-3-13(11)19/h1-7H,8H2. The van der Waals surface area contributed by atoms with Crippen molar-refractivity contribution < 1.29 is 18.0 Å². The number of rotatable bonds is 3. The number of carbonyl (C=O) groups excluding carboxylic acids is 1. The predicted octanol–water partition coefficient (Wildman–Crippen LogP) is 4.79. The number of Topliss-reactive ketones (excluding diaryl/α,β-unsaturated/α-hetero) is 1. The number of carbonyl (C=O) groups is 1. The molecule has 3 rings (SSSR count). The van der Waals surface area contributed by atoms with Crippen LogP contribution in [0, 0.1) is 11.6 Å². The summed E-state index contributed by atoms with van der Waals surface area (Å²) in [4.78, 5) is 12.1. The zero-order valence-corrected chi connectivity index (χ0v) is 11.5. The number of ketones is 1. The van der Waals surface area contributed by atoms with Crippen molar-refractivity contribution in [1.29, 1.82) is 0 Å². The molecule has 0 saturated heterocycles. The summed E-state index contributed by atoms with van der Waals surface area (Å²) in [6.07, 6.45) is -0.397. The van der Waals surface area contributed by atoms with Gasteiger partial charge in [-0.2, -0.15) is 0 Å². The molecule has 0 saturated carbocycles. The average Bonchev–Trinajstić information content (AvgIpc) is 2.86. The first-order valence-electron chi connectivity index (χ1n) is 6.20. The summed E-state index contributed by atoms with van der Waals surface area (Å²) in [6.45, 7) is 0. The number of halogens is 3. The number of hydrogen-bond acceptors (Lipinski definition) is 2. The Labute approximate surface area is 123 Å². The van der Waals surface area contributed by atoms with E-state index in [0.717, 1.165) is 12.1 Å². The summed E-state index contributed by atoms with van der Waals surface area (Å²) < 4.78 is 32.5. The second kappa shape index (κ2) is 5.30. The Kier molecular flexibility index (Phi) is 3.47. The van der Waals surface area contributed by atoms with Crippen LogP contribution in [0.2, 0.25) is 5.02 Å². The van der Waals surface area contributed by atoms with Gasteiger partial charge in [0.2, 0.25) is 5.78 Å². The normalized spacial score (nSPS) is 11.0. The topological polar surface area (TPSA) is 30.2 Å². The minimum absolute atomic E-state index is 0.0509. The fraction of sp³-hybridized carbons (Fsp3) is 0.0625. The number of fused-ring (bicyclic) bond motifs is 1. The summed E-state index contributed by atoms with van der Waals surface area (Å²) in [6, 6.07) is 9.93. The molecule has 0 bridgehead atoms. The van der Waals surface area contributed by atoms with Gasteiger partial charge in [-0.1, -0.05) is 17.7 Å². The molecule has 1 heterocycles. The van der Waals surface area contributed by atoms with Crippen LogP contribution in [0.1, 0.15) is 16.1 Å². The maximum absolute atomic E-state index is 13.5. The van der Waals surface area contributed by atoms with Gasteiger partial charge in [-0.15, -0.1) is 0 Å². The molecule has 5 heteroatoms. The third kappa shape index (κ3) is 2.67. The molecule has 0 N–H and O–H groups in total. The molecule has 3 aromatic rings. The fourth-order valence-electron chi connectivity index (χ4n) is 2.10. The molecule has 0 unspecified atom stereocenters. The fourth-order valence-corrected chi connectivity index (χ4v) is 2.28. The highest BCUT2D eigenvalue weighted by Crippen LogP contribution is 2.24. The highest BCUT2D eigenvalue weighted by atomic mass is 35.5. The van der Waals surface area contributed by atoms with Crippen molar-refractivity contribution in [3.05, 3.63) is 70.4 Å². The molecular weight excluding hydrogens is 298 g/mol. The highest BCUT2D eigenvalue weighted by Gasteiger charge is 2.17. The van der Waals surface area contributed by atoms with Gasteiger partial charge in [-0.05, 0) is 36.4 Å². The van der Waals surface area contributed by atoms with E-state index < -0.39 is 23.8 Å². The lowest BCUT2D eigenvalue weighted by Crippen LogP contribution is -2.06. The molecule has 0 fully saturated rings. The third-order valence-electron chi connectivity index (χ3n) is 3.15. The molecule has 0 aliphatic carbocycles. The molecule has 0 amide bonds. The average molecular weight is 307 g/mol. The summed E-state index contributed by atoms with van der Waals surface area (Å²) in [5.41, 5.74) is 0.234. The first-order chi connectivity index (χ1) is 10.0. The summed E-state index contributed by atoms with van der Waals surface area (Å²) in [7, 11) is 0. The lowest BCUT2D eigenvalue weighted by Gasteiger charge is -2.02. The Balaban J connectivity index is 1.94. The molecule has 0 atom stereocenters. The lowest BCUT2D eigenvalue weighted by atomic mass is 10.1. The SMILES string of the molecule is O=C(Cc1c(F)cccc1F)c1cc2cc(Cl)ccc2o1. The number of benzene rings is 2. The zero-order chi connectivity index (χ0) is 15.0. The maximum atomic E-state index is 13.5. The third-order valence-corrected chi connectivity index (χ3v) is 3.39. The van der Waals surface area contributed by atoms with Gasteiger partial charge in [-0.3, -0.25) is 4.79 Å². The Morgan fingerprint density at radius 2 is 1.81 bits per heavy atom. The van der Waals surface area contributed by atoms with E-state index in [-0.39, 0.29) is 11.3 Å². The van der Waals surface area contributed by atoms with E-state index in [9.17, 15) is 13.6 Å². The molecule has 106 valence electrons. The molecule has 21 heavy (non-hydrogen) atoms. The Bertz CT molecular complexity index is 819. The first-order valence-corrected chi connectivity index (χ1v) is 6.57. The smallest absolute Gasteiger partial charge is 0.202 e. The van der Waals surface area contributed by atoms with Crippen molar-refractivity contribution >= 4 is 28.4 Å². The van der Waals surface area contributed by atoms with E-state index in [1.807, 2.05) is 0 Å². The number of furan rings is 1. The summed E-state index contributed by atoms with van der Waals surface area (Å²) in [5.74, 6) is -1.94. The van der Waals surface area contributed by atoms with E-state index in [2.05, 4.69) is 0 Å². The van der Waals surface area contributed by atoms with Gasteiger partial charge < -0.3 is 4.42 Å². The van der Waals surface area contributed by atoms with Crippen molar-refractivity contribution in [2.24, 2.45) is 0 Å². The lowest BCUT2D eigenvalue weighted by molar-refractivity contribution is 0.0966. The van der Waals surface area contributed by atoms with Crippen LogP contribution >= 0.6 is 11.6 Å². The van der Waals surface area contributed by atoms with Gasteiger partial charge >= 0.3 is 0 Å². The first kappa shape index (κ1) is 13.8. The van der Waals surface area contributed by atoms with Crippen LogP contribution in [-0.4, -0.2) is 5.78 Å². The van der Waals surface area contributed by atoms with Gasteiger partial charge in [-0.25, -0.2) is 8.78 Å². The van der Waals surface area contributed by atoms with Crippen LogP contribution in [-0.2, 0) is 6.42 Å². The van der Waals surface area contributed by atoms with Crippen LogP contribution < -0.4 is 0 Å². The Morgan fingerprint density at radius 1 is 1.10 bits per heavy atom. The molecule has 0 aliphatic rings. The molecule has 0 spiro atoms. The van der Waals surface area contributed by atoms with Crippen LogP contribution in [0.4, 0.5) is 8.78 Å². The maximum Gasteiger partial charge on any atom is 0.202 e. The van der Waals surface area contributed by atoms with E-state index in [0.29, 0.717) is 16.0 Å². The van der Waals surface area contributed by atoms with Gasteiger partial charge in [0.15, 0.2) is 5.76 Å². The second-order valence-corrected chi connectivity index (χ2v) is 5.03. The van der Waals surface area contributed by atoms with Crippen molar-refractivity contribution in [2.75, 3.05) is 0 Å². The molecule has 2 aromatic carbocycles. The molecule has 0 aliphatic heterocycles. The summed E-state index contributed by atoms with van der Waals surface area (Å²) in [5, 5.41) is 1.18. The van der Waals surface area contributed by atoms with Gasteiger partial charge in [0.05, 0.1) is 0 Å². The van der Waals surface area contributed by atoms with E-state index >= 15 is 0 Å². The van der Waals surface area contributed by atoms with Crippen molar-refractivity contribution in [2.45, 2.75) is 6.42 Å². The largest absolute Gasteiger partial charge is 0.453 e. The van der Waals surface area contributed by atoms with Crippen molar-refractivity contribution in [1.82, 2.24) is 0 Å². The van der Waals surface area contributed by atoms with Gasteiger partial charge in [0, 0.05) is 22.4 Å². The van der Waals surface area contributed by atoms with Crippen LogP contribution in [0.15, 0.2) is 46.9 Å². The molecule has 0 radical (unpaired) electrons. The predicted molar refractivity (Wildman–Crippen MR) is 75.6 cm³/mol. The minimum atomic E-state index is -0.748. The van der Waals surface area contributed by atoms with E-state index in [1.54, 1.807) is 18.2 Å². The van der Waals surface area contributed by atoms with Gasteiger partial charge in [0.1, 0.15) is 17.2 Å². The number of hydrogen-bond donors (Lipinski definition) is 0. The quantitative estimate of drug-likeness (QED) is 0.651. The Morgan fingerprint density at radius 3 is 2.52 bits per heavy atom. The zero-order valence-electron chi connectivity index (χ0n) is 10.7. The Hall–Kier alpha value is -2.20. The van der Waals surface area contributed by atoms with E-state index in [1.165, 1.54) is 12.1 Å². The van der Waals surface area contributed by atoms with Crippen molar-refractivity contribution in [3.63, 3.8) is 0 Å². The molecule has 2 nitrogen and oxygen atoms in total. The second-order valence-electron chi connectivity index (χ2n) is 4.59. The van der Waals surface area contributed by atoms with Crippen LogP contribution in [0.25, 0.3) is 11.0 Å². The molecule has 1 aromatic heterocycles. The monoisotopic (exact) mass is 306 g/mol. The van der Waals surface area contributed by atoms with Crippen LogP contribution in [0.5, 0.6) is 0 Å². The highest BCUT2D eigenvalue weighted by molar-refractivity contribution is 6.31. The van der Waals surface area contributed by atoms with Gasteiger partial charge in [0.25, 0.3) is 0 Å². The molecular formula is C16H9ClF2O2. The van der Waals surface area contributed by atoms with E-state index in [4.69, 9.17) is 16.0 Å². The minimum Gasteiger partial charge on any atom is -0.453 e.